The van der Waals surface area contributed by atoms with Crippen LogP contribution < -0.4 is 0 Å². The molecule has 0 radical (unpaired) electrons. The van der Waals surface area contributed by atoms with Gasteiger partial charge in [-0.1, -0.05) is 29.3 Å². The molecule has 0 spiro atoms. The van der Waals surface area contributed by atoms with E-state index >= 15 is 0 Å². The predicted molar refractivity (Wildman–Crippen MR) is 84.9 cm³/mol. The van der Waals surface area contributed by atoms with Crippen LogP contribution in [0.5, 0.6) is 0 Å². The number of aryl methyl sites for hydroxylation is 3. The van der Waals surface area contributed by atoms with E-state index in [9.17, 15) is 0 Å². The Labute approximate surface area is 130 Å². The first-order valence-corrected chi connectivity index (χ1v) is 7.61. The van der Waals surface area contributed by atoms with Crippen LogP contribution in [0, 0.1) is 20.8 Å². The van der Waals surface area contributed by atoms with Crippen molar-refractivity contribution in [3.63, 3.8) is 0 Å². The largest absolute Gasteiger partial charge is 0.246 e. The van der Waals surface area contributed by atoms with E-state index in [0.717, 1.165) is 26.5 Å². The number of thiazole rings is 1. The Morgan fingerprint density at radius 2 is 1.75 bits per heavy atom. The summed E-state index contributed by atoms with van der Waals surface area (Å²) >= 11 is 14.1. The van der Waals surface area contributed by atoms with Crippen molar-refractivity contribution in [2.24, 2.45) is 0 Å². The molecule has 20 heavy (non-hydrogen) atoms. The topological polar surface area (TPSA) is 38.7 Å². The van der Waals surface area contributed by atoms with Gasteiger partial charge in [-0.25, -0.2) is 15.0 Å². The summed E-state index contributed by atoms with van der Waals surface area (Å²) in [6, 6.07) is 3.75. The van der Waals surface area contributed by atoms with Crippen LogP contribution in [0.2, 0.25) is 10.2 Å². The SMILES string of the molecule is Cc1nc(C)c(-c2nc(Cl)c3c(C)ccc(Cl)c3n2)s1. The number of rotatable bonds is 1. The minimum Gasteiger partial charge on any atom is -0.246 e. The Hall–Kier alpha value is -1.23. The van der Waals surface area contributed by atoms with Crippen LogP contribution in [0.15, 0.2) is 12.1 Å². The zero-order valence-corrected chi connectivity index (χ0v) is 13.5. The molecule has 3 nitrogen and oxygen atoms in total. The number of hydrogen-bond donors (Lipinski definition) is 0. The molecule has 3 aromatic rings. The van der Waals surface area contributed by atoms with E-state index in [1.54, 1.807) is 11.3 Å². The second kappa shape index (κ2) is 4.95. The van der Waals surface area contributed by atoms with E-state index in [-0.39, 0.29) is 0 Å². The van der Waals surface area contributed by atoms with Crippen molar-refractivity contribution in [1.29, 1.82) is 0 Å². The minimum absolute atomic E-state index is 0.426. The van der Waals surface area contributed by atoms with Crippen molar-refractivity contribution < 1.29 is 0 Å². The first-order valence-electron chi connectivity index (χ1n) is 6.04. The standard InChI is InChI=1S/C14H11Cl2N3S/c1-6-4-5-9(15)11-10(6)13(16)19-14(18-11)12-7(2)17-8(3)20-12/h4-5H,1-3H3. The van der Waals surface area contributed by atoms with Crippen molar-refractivity contribution in [1.82, 2.24) is 15.0 Å². The zero-order chi connectivity index (χ0) is 14.4. The lowest BCUT2D eigenvalue weighted by Crippen LogP contribution is -1.94. The fourth-order valence-electron chi connectivity index (χ4n) is 2.16. The molecule has 0 unspecified atom stereocenters. The van der Waals surface area contributed by atoms with Gasteiger partial charge in [-0.15, -0.1) is 11.3 Å². The van der Waals surface area contributed by atoms with Gasteiger partial charge in [-0.2, -0.15) is 0 Å². The third-order valence-electron chi connectivity index (χ3n) is 3.07. The molecule has 0 aliphatic carbocycles. The summed E-state index contributed by atoms with van der Waals surface area (Å²) in [6.45, 7) is 5.87. The summed E-state index contributed by atoms with van der Waals surface area (Å²) in [7, 11) is 0. The predicted octanol–water partition coefficient (Wildman–Crippen LogP) is 4.99. The molecule has 1 aromatic carbocycles. The molecule has 2 aromatic heterocycles. The fourth-order valence-corrected chi connectivity index (χ4v) is 3.53. The van der Waals surface area contributed by atoms with E-state index in [1.807, 2.05) is 32.9 Å². The van der Waals surface area contributed by atoms with Crippen LogP contribution in [0.4, 0.5) is 0 Å². The van der Waals surface area contributed by atoms with Crippen LogP contribution in [-0.4, -0.2) is 15.0 Å². The van der Waals surface area contributed by atoms with Gasteiger partial charge in [0.25, 0.3) is 0 Å². The lowest BCUT2D eigenvalue weighted by atomic mass is 10.1. The normalized spacial score (nSPS) is 11.2. The third kappa shape index (κ3) is 2.18. The molecule has 3 rings (SSSR count). The lowest BCUT2D eigenvalue weighted by molar-refractivity contribution is 1.17. The molecule has 0 saturated heterocycles. The van der Waals surface area contributed by atoms with Gasteiger partial charge in [0.15, 0.2) is 5.82 Å². The highest BCUT2D eigenvalue weighted by Crippen LogP contribution is 2.34. The van der Waals surface area contributed by atoms with Crippen molar-refractivity contribution in [3.05, 3.63) is 38.6 Å². The van der Waals surface area contributed by atoms with Crippen molar-refractivity contribution in [2.45, 2.75) is 20.8 Å². The van der Waals surface area contributed by atoms with Crippen LogP contribution in [-0.2, 0) is 0 Å². The van der Waals surface area contributed by atoms with Gasteiger partial charge in [0, 0.05) is 5.39 Å². The molecule has 0 bridgehead atoms. The zero-order valence-electron chi connectivity index (χ0n) is 11.2. The average molecular weight is 324 g/mol. The quantitative estimate of drug-likeness (QED) is 0.592. The van der Waals surface area contributed by atoms with Crippen LogP contribution in [0.25, 0.3) is 21.6 Å². The maximum atomic E-state index is 6.32. The number of hydrogen-bond acceptors (Lipinski definition) is 4. The highest BCUT2D eigenvalue weighted by Gasteiger charge is 2.16. The molecule has 0 aliphatic rings. The van der Waals surface area contributed by atoms with Crippen molar-refractivity contribution in [2.75, 3.05) is 0 Å². The Kier molecular flexibility index (Phi) is 3.40. The van der Waals surface area contributed by atoms with Gasteiger partial charge < -0.3 is 0 Å². The molecule has 0 N–H and O–H groups in total. The highest BCUT2D eigenvalue weighted by molar-refractivity contribution is 7.15. The summed E-state index contributed by atoms with van der Waals surface area (Å²) in [5.41, 5.74) is 2.61. The average Bonchev–Trinajstić information content (AvgIpc) is 2.72. The summed E-state index contributed by atoms with van der Waals surface area (Å²) in [6.07, 6.45) is 0. The lowest BCUT2D eigenvalue weighted by Gasteiger charge is -2.07. The minimum atomic E-state index is 0.426. The van der Waals surface area contributed by atoms with Crippen LogP contribution in [0.1, 0.15) is 16.3 Å². The summed E-state index contributed by atoms with van der Waals surface area (Å²) < 4.78 is 0. The molecule has 0 aliphatic heterocycles. The number of fused-ring (bicyclic) bond motifs is 1. The highest BCUT2D eigenvalue weighted by atomic mass is 35.5. The van der Waals surface area contributed by atoms with E-state index in [1.165, 1.54) is 0 Å². The van der Waals surface area contributed by atoms with Gasteiger partial charge in [0.05, 0.1) is 26.1 Å². The Morgan fingerprint density at radius 1 is 1.00 bits per heavy atom. The van der Waals surface area contributed by atoms with E-state index < -0.39 is 0 Å². The van der Waals surface area contributed by atoms with Crippen molar-refractivity contribution >= 4 is 45.4 Å². The Morgan fingerprint density at radius 3 is 2.40 bits per heavy atom. The van der Waals surface area contributed by atoms with Gasteiger partial charge in [-0.3, -0.25) is 0 Å². The Balaban J connectivity index is 2.35. The summed E-state index contributed by atoms with van der Waals surface area (Å²) in [5, 5.41) is 2.79. The summed E-state index contributed by atoms with van der Waals surface area (Å²) in [5.74, 6) is 0.582. The fraction of sp³-hybridized carbons (Fsp3) is 0.214. The maximum absolute atomic E-state index is 6.32. The van der Waals surface area contributed by atoms with Gasteiger partial charge >= 0.3 is 0 Å². The van der Waals surface area contributed by atoms with E-state index in [4.69, 9.17) is 23.2 Å². The molecular weight excluding hydrogens is 313 g/mol. The first-order chi connectivity index (χ1) is 9.47. The second-order valence-electron chi connectivity index (χ2n) is 4.57. The van der Waals surface area contributed by atoms with E-state index in [0.29, 0.717) is 21.5 Å². The second-order valence-corrected chi connectivity index (χ2v) is 6.54. The van der Waals surface area contributed by atoms with E-state index in [2.05, 4.69) is 15.0 Å². The van der Waals surface area contributed by atoms with Gasteiger partial charge in [0.2, 0.25) is 0 Å². The molecule has 102 valence electrons. The monoisotopic (exact) mass is 323 g/mol. The molecule has 0 atom stereocenters. The number of aromatic nitrogens is 3. The number of nitrogens with zero attached hydrogens (tertiary/aromatic N) is 3. The maximum Gasteiger partial charge on any atom is 0.173 e. The molecule has 0 amide bonds. The smallest absolute Gasteiger partial charge is 0.173 e. The molecular formula is C14H11Cl2N3S. The number of benzene rings is 1. The molecule has 2 heterocycles. The van der Waals surface area contributed by atoms with Gasteiger partial charge in [0.1, 0.15) is 5.15 Å². The Bertz CT molecular complexity index is 827. The van der Waals surface area contributed by atoms with Gasteiger partial charge in [-0.05, 0) is 32.4 Å². The van der Waals surface area contributed by atoms with Crippen LogP contribution in [0.3, 0.4) is 0 Å². The first kappa shape index (κ1) is 13.7. The van der Waals surface area contributed by atoms with Crippen molar-refractivity contribution in [3.8, 4) is 10.7 Å². The molecule has 0 fully saturated rings. The molecule has 0 saturated carbocycles. The number of halogens is 2. The molecule has 6 heteroatoms. The van der Waals surface area contributed by atoms with Crippen LogP contribution >= 0.6 is 34.5 Å². The summed E-state index contributed by atoms with van der Waals surface area (Å²) in [4.78, 5) is 14.3. The third-order valence-corrected chi connectivity index (χ3v) is 4.72.